The van der Waals surface area contributed by atoms with E-state index in [1.54, 1.807) is 0 Å². The molecule has 0 saturated carbocycles. The monoisotopic (exact) mass is 1020 g/mol. The number of para-hydroxylation sites is 4. The van der Waals surface area contributed by atoms with E-state index >= 15 is 0 Å². The Morgan fingerprint density at radius 3 is 1.06 bits per heavy atom. The van der Waals surface area contributed by atoms with Gasteiger partial charge in [-0.3, -0.25) is 4.57 Å². The minimum Gasteiger partial charge on any atom is -0.309 e. The lowest BCUT2D eigenvalue weighted by Crippen LogP contribution is -2.10. The van der Waals surface area contributed by atoms with Gasteiger partial charge in [0.05, 0.1) is 44.5 Å². The van der Waals surface area contributed by atoms with Crippen molar-refractivity contribution in [3.8, 4) is 62.4 Å². The Bertz CT molecular complexity index is 4450. The first-order valence-corrected chi connectivity index (χ1v) is 27.5. The number of hydrogen-bond acceptors (Lipinski definition) is 3. The fourth-order valence-corrected chi connectivity index (χ4v) is 12.0. The molecule has 6 heteroatoms. The molecule has 0 atom stereocenters. The summed E-state index contributed by atoms with van der Waals surface area (Å²) in [6, 6.07) is 79.9. The summed E-state index contributed by atoms with van der Waals surface area (Å²) in [5.41, 5.74) is 20.0. The minimum atomic E-state index is 0.0474. The smallest absolute Gasteiger partial charge is 0.238 e. The summed E-state index contributed by atoms with van der Waals surface area (Å²) in [4.78, 5) is 17.0. The molecule has 6 nitrogen and oxygen atoms in total. The molecule has 0 radical (unpaired) electrons. The van der Waals surface area contributed by atoms with Crippen molar-refractivity contribution in [2.45, 2.75) is 66.2 Å². The highest BCUT2D eigenvalue weighted by Gasteiger charge is 2.25. The molecule has 0 fully saturated rings. The van der Waals surface area contributed by atoms with E-state index in [1.165, 1.54) is 54.9 Å². The van der Waals surface area contributed by atoms with Crippen LogP contribution in [0.2, 0.25) is 0 Å². The first-order valence-electron chi connectivity index (χ1n) is 27.5. The van der Waals surface area contributed by atoms with Crippen LogP contribution in [-0.4, -0.2) is 28.7 Å². The van der Waals surface area contributed by atoms with Crippen LogP contribution in [0.1, 0.15) is 63.8 Å². The van der Waals surface area contributed by atoms with Gasteiger partial charge in [-0.25, -0.2) is 4.98 Å². The van der Waals surface area contributed by atoms with Gasteiger partial charge in [0.2, 0.25) is 5.95 Å². The van der Waals surface area contributed by atoms with E-state index in [-0.39, 0.29) is 10.8 Å². The van der Waals surface area contributed by atoms with Crippen LogP contribution >= 0.6 is 0 Å². The van der Waals surface area contributed by atoms with Crippen molar-refractivity contribution < 1.29 is 0 Å². The standard InChI is InChI=1S/C73H60N6/c1-45-25-37-65-57(41-45)53-17-9-13-21-61(53)77(65)63-23-15-11-19-55(63)69-74-70(56-20-12-16-24-64(56)78-62-22-14-10-18-54(62)58-42-46(2)26-38-66(58)78)76-71(75-69)79-67-39-31-49(47-27-33-51(34-28-47)72(3,4)5)43-59(67)60-44-50(32-40-68(60)79)48-29-35-52(36-30-48)73(6,7)8/h9-44H,1-8H3. The van der Waals surface area contributed by atoms with Crippen molar-refractivity contribution in [3.05, 3.63) is 241 Å². The molecular formula is C73H60N6. The number of aromatic nitrogens is 6. The van der Waals surface area contributed by atoms with Gasteiger partial charge >= 0.3 is 0 Å². The van der Waals surface area contributed by atoms with Crippen LogP contribution in [-0.2, 0) is 10.8 Å². The summed E-state index contributed by atoms with van der Waals surface area (Å²) in [5, 5.41) is 7.04. The van der Waals surface area contributed by atoms with E-state index in [0.717, 1.165) is 77.5 Å². The van der Waals surface area contributed by atoms with Crippen molar-refractivity contribution in [2.24, 2.45) is 0 Å². The number of rotatable bonds is 7. The summed E-state index contributed by atoms with van der Waals surface area (Å²) in [5.74, 6) is 1.68. The van der Waals surface area contributed by atoms with Gasteiger partial charge in [-0.05, 0) is 143 Å². The number of hydrogen-bond donors (Lipinski definition) is 0. The molecule has 0 saturated heterocycles. The SMILES string of the molecule is Cc1ccc2c(c1)c1ccccc1n2-c1ccccc1-c1nc(-c2ccccc2-n2c3ccccc3c3cc(C)ccc32)nc(-n2c3ccc(-c4ccc(C(C)(C)C)cc4)cc3c3cc(-c4ccc(C(C)(C)C)cc4)ccc32)n1. The zero-order chi connectivity index (χ0) is 53.9. The zero-order valence-electron chi connectivity index (χ0n) is 46.0. The Kier molecular flexibility index (Phi) is 11.0. The van der Waals surface area contributed by atoms with E-state index in [2.05, 4.69) is 287 Å². The normalized spacial score (nSPS) is 12.3. The maximum absolute atomic E-state index is 5.67. The van der Waals surface area contributed by atoms with E-state index in [1.807, 2.05) is 0 Å². The highest BCUT2D eigenvalue weighted by atomic mass is 15.2. The molecule has 382 valence electrons. The number of nitrogens with zero attached hydrogens (tertiary/aromatic N) is 6. The van der Waals surface area contributed by atoms with E-state index in [4.69, 9.17) is 15.0 Å². The van der Waals surface area contributed by atoms with Gasteiger partial charge in [0.15, 0.2) is 11.6 Å². The zero-order valence-corrected chi connectivity index (χ0v) is 46.0. The third-order valence-electron chi connectivity index (χ3n) is 16.2. The lowest BCUT2D eigenvalue weighted by Gasteiger charge is -2.19. The molecule has 0 spiro atoms. The predicted octanol–water partition coefficient (Wildman–Crippen LogP) is 19.0. The summed E-state index contributed by atoms with van der Waals surface area (Å²) in [7, 11) is 0. The molecule has 10 aromatic carbocycles. The van der Waals surface area contributed by atoms with Crippen LogP contribution in [0, 0.1) is 13.8 Å². The van der Waals surface area contributed by atoms with Gasteiger partial charge in [0.1, 0.15) is 0 Å². The van der Waals surface area contributed by atoms with Crippen molar-refractivity contribution in [1.29, 1.82) is 0 Å². The van der Waals surface area contributed by atoms with Gasteiger partial charge in [-0.1, -0.05) is 186 Å². The molecule has 4 heterocycles. The predicted molar refractivity (Wildman–Crippen MR) is 331 cm³/mol. The summed E-state index contributed by atoms with van der Waals surface area (Å²) in [6.45, 7) is 17.9. The second-order valence-corrected chi connectivity index (χ2v) is 23.5. The highest BCUT2D eigenvalue weighted by molar-refractivity contribution is 6.13. The quantitative estimate of drug-likeness (QED) is 0.160. The lowest BCUT2D eigenvalue weighted by atomic mass is 9.86. The maximum Gasteiger partial charge on any atom is 0.238 e. The largest absolute Gasteiger partial charge is 0.309 e. The summed E-state index contributed by atoms with van der Waals surface area (Å²) < 4.78 is 7.01. The van der Waals surface area contributed by atoms with E-state index < -0.39 is 0 Å². The summed E-state index contributed by atoms with van der Waals surface area (Å²) in [6.07, 6.45) is 0. The Hall–Kier alpha value is -9.39. The second-order valence-electron chi connectivity index (χ2n) is 23.5. The van der Waals surface area contributed by atoms with Crippen molar-refractivity contribution >= 4 is 65.4 Å². The molecule has 0 aliphatic heterocycles. The molecule has 0 aliphatic carbocycles. The molecule has 0 amide bonds. The average molecular weight is 1020 g/mol. The number of aryl methyl sites for hydroxylation is 2. The Morgan fingerprint density at radius 1 is 0.291 bits per heavy atom. The van der Waals surface area contributed by atoms with Crippen LogP contribution < -0.4 is 0 Å². The van der Waals surface area contributed by atoms with Gasteiger partial charge in [0.25, 0.3) is 0 Å². The summed E-state index contributed by atoms with van der Waals surface area (Å²) >= 11 is 0. The Balaban J connectivity index is 1.05. The molecule has 14 aromatic rings. The van der Waals surface area contributed by atoms with Crippen LogP contribution in [0.4, 0.5) is 0 Å². The molecule has 0 bridgehead atoms. The lowest BCUT2D eigenvalue weighted by molar-refractivity contribution is 0.590. The third kappa shape index (κ3) is 8.04. The molecular weight excluding hydrogens is 961 g/mol. The average Bonchev–Trinajstić information content (AvgIpc) is 4.20. The second kappa shape index (κ2) is 18.1. The maximum atomic E-state index is 5.67. The van der Waals surface area contributed by atoms with Crippen LogP contribution in [0.3, 0.4) is 0 Å². The van der Waals surface area contributed by atoms with Gasteiger partial charge in [-0.2, -0.15) is 9.97 Å². The number of fused-ring (bicyclic) bond motifs is 9. The van der Waals surface area contributed by atoms with Crippen LogP contribution in [0.15, 0.2) is 218 Å². The van der Waals surface area contributed by atoms with Crippen molar-refractivity contribution in [2.75, 3.05) is 0 Å². The first-order chi connectivity index (χ1) is 38.2. The molecule has 0 N–H and O–H groups in total. The number of benzene rings is 10. The van der Waals surface area contributed by atoms with Crippen LogP contribution in [0.25, 0.3) is 128 Å². The first kappa shape index (κ1) is 48.0. The molecule has 79 heavy (non-hydrogen) atoms. The fraction of sp³-hybridized carbons (Fsp3) is 0.137. The highest BCUT2D eigenvalue weighted by Crippen LogP contribution is 2.42. The van der Waals surface area contributed by atoms with Gasteiger partial charge in [-0.15, -0.1) is 0 Å². The van der Waals surface area contributed by atoms with E-state index in [9.17, 15) is 0 Å². The Labute approximate surface area is 460 Å². The van der Waals surface area contributed by atoms with Gasteiger partial charge < -0.3 is 9.13 Å². The fourth-order valence-electron chi connectivity index (χ4n) is 12.0. The molecule has 0 unspecified atom stereocenters. The van der Waals surface area contributed by atoms with Gasteiger partial charge in [0, 0.05) is 43.4 Å². The molecule has 4 aromatic heterocycles. The molecule has 14 rings (SSSR count). The Morgan fingerprint density at radius 2 is 0.633 bits per heavy atom. The van der Waals surface area contributed by atoms with Crippen molar-refractivity contribution in [3.63, 3.8) is 0 Å². The minimum absolute atomic E-state index is 0.0474. The van der Waals surface area contributed by atoms with Crippen LogP contribution in [0.5, 0.6) is 0 Å². The third-order valence-corrected chi connectivity index (χ3v) is 16.2. The van der Waals surface area contributed by atoms with Crippen molar-refractivity contribution in [1.82, 2.24) is 28.7 Å². The topological polar surface area (TPSA) is 53.5 Å². The van der Waals surface area contributed by atoms with E-state index in [0.29, 0.717) is 17.6 Å². The molecule has 0 aliphatic rings.